The maximum Gasteiger partial charge on any atom is 0.227 e. The van der Waals surface area contributed by atoms with E-state index in [-0.39, 0.29) is 5.78 Å². The molecule has 1 saturated heterocycles. The Hall–Kier alpha value is -2.47. The summed E-state index contributed by atoms with van der Waals surface area (Å²) in [4.78, 5) is 25.3. The molecule has 0 aliphatic carbocycles. The first-order valence-electron chi connectivity index (χ1n) is 8.76. The lowest BCUT2D eigenvalue weighted by molar-refractivity contribution is 0.101. The summed E-state index contributed by atoms with van der Waals surface area (Å²) in [6, 6.07) is 9.37. The molecule has 0 spiro atoms. The van der Waals surface area contributed by atoms with E-state index in [0.29, 0.717) is 5.56 Å². The van der Waals surface area contributed by atoms with E-state index in [4.69, 9.17) is 0 Å². The Bertz CT molecular complexity index is 736. The molecule has 0 bridgehead atoms. The van der Waals surface area contributed by atoms with Gasteiger partial charge in [-0.3, -0.25) is 4.79 Å². The molecular weight excluding hydrogens is 314 g/mol. The fraction of sp³-hybridized carbons (Fsp3) is 0.421. The number of aryl methyl sites for hydroxylation is 1. The number of hydrogen-bond acceptors (Lipinski definition) is 6. The molecule has 2 heterocycles. The zero-order valence-electron chi connectivity index (χ0n) is 15.1. The van der Waals surface area contributed by atoms with Crippen LogP contribution in [0.4, 0.5) is 17.5 Å². The van der Waals surface area contributed by atoms with Crippen molar-refractivity contribution in [3.8, 4) is 0 Å². The number of anilines is 3. The maximum absolute atomic E-state index is 11.4. The van der Waals surface area contributed by atoms with Crippen LogP contribution in [0, 0.1) is 6.92 Å². The van der Waals surface area contributed by atoms with Crippen LogP contribution in [-0.2, 0) is 0 Å². The Morgan fingerprint density at radius 1 is 1.12 bits per heavy atom. The molecule has 0 saturated carbocycles. The monoisotopic (exact) mass is 339 g/mol. The second-order valence-electron chi connectivity index (χ2n) is 6.37. The standard InChI is InChI=1S/C19H25N5O/c1-4-23-9-11-24(12-10-23)19-20-14(2)13-18(22-19)21-17-7-5-16(6-8-17)15(3)25/h5-8,13H,4,9-12H2,1-3H3,(H,20,21,22). The summed E-state index contributed by atoms with van der Waals surface area (Å²) in [6.45, 7) is 10.8. The highest BCUT2D eigenvalue weighted by Gasteiger charge is 2.18. The van der Waals surface area contributed by atoms with Gasteiger partial charge in [-0.15, -0.1) is 0 Å². The van der Waals surface area contributed by atoms with Crippen LogP contribution in [0.3, 0.4) is 0 Å². The summed E-state index contributed by atoms with van der Waals surface area (Å²) in [7, 11) is 0. The van der Waals surface area contributed by atoms with E-state index in [1.54, 1.807) is 6.92 Å². The number of piperazine rings is 1. The SMILES string of the molecule is CCN1CCN(c2nc(C)cc(Nc3ccc(C(C)=O)cc3)n2)CC1. The van der Waals surface area contributed by atoms with Crippen LogP contribution in [-0.4, -0.2) is 53.4 Å². The molecular formula is C19H25N5O. The van der Waals surface area contributed by atoms with E-state index in [1.807, 2.05) is 37.3 Å². The predicted octanol–water partition coefficient (Wildman–Crippen LogP) is 2.87. The second-order valence-corrected chi connectivity index (χ2v) is 6.37. The second kappa shape index (κ2) is 7.61. The molecule has 1 aromatic heterocycles. The maximum atomic E-state index is 11.4. The predicted molar refractivity (Wildman–Crippen MR) is 101 cm³/mol. The summed E-state index contributed by atoms with van der Waals surface area (Å²) in [6.07, 6.45) is 0. The molecule has 1 N–H and O–H groups in total. The van der Waals surface area contributed by atoms with Gasteiger partial charge in [0.1, 0.15) is 5.82 Å². The van der Waals surface area contributed by atoms with Gasteiger partial charge in [0, 0.05) is 49.2 Å². The number of carbonyl (C=O) groups excluding carboxylic acids is 1. The van der Waals surface area contributed by atoms with E-state index in [0.717, 1.165) is 55.9 Å². The van der Waals surface area contributed by atoms with Crippen molar-refractivity contribution < 1.29 is 4.79 Å². The van der Waals surface area contributed by atoms with Crippen molar-refractivity contribution in [2.75, 3.05) is 42.9 Å². The average Bonchev–Trinajstić information content (AvgIpc) is 2.62. The van der Waals surface area contributed by atoms with Gasteiger partial charge in [-0.25, -0.2) is 4.98 Å². The normalized spacial score (nSPS) is 15.2. The van der Waals surface area contributed by atoms with E-state index in [9.17, 15) is 4.79 Å². The van der Waals surface area contributed by atoms with Crippen LogP contribution in [0.1, 0.15) is 29.9 Å². The van der Waals surface area contributed by atoms with Gasteiger partial charge in [0.2, 0.25) is 5.95 Å². The number of nitrogens with zero attached hydrogens (tertiary/aromatic N) is 4. The Kier molecular flexibility index (Phi) is 5.28. The minimum absolute atomic E-state index is 0.0675. The molecule has 0 radical (unpaired) electrons. The van der Waals surface area contributed by atoms with Gasteiger partial charge in [0.05, 0.1) is 0 Å². The molecule has 1 aliphatic rings. The molecule has 6 heteroatoms. The first-order chi connectivity index (χ1) is 12.0. The van der Waals surface area contributed by atoms with Crippen LogP contribution in [0.5, 0.6) is 0 Å². The van der Waals surface area contributed by atoms with Crippen molar-refractivity contribution in [2.45, 2.75) is 20.8 Å². The van der Waals surface area contributed by atoms with Gasteiger partial charge in [0.15, 0.2) is 5.78 Å². The Balaban J connectivity index is 1.74. The van der Waals surface area contributed by atoms with Crippen molar-refractivity contribution in [3.05, 3.63) is 41.6 Å². The van der Waals surface area contributed by atoms with Crippen LogP contribution in [0.15, 0.2) is 30.3 Å². The van der Waals surface area contributed by atoms with Crippen molar-refractivity contribution in [2.24, 2.45) is 0 Å². The molecule has 0 amide bonds. The molecule has 0 atom stereocenters. The van der Waals surface area contributed by atoms with Crippen molar-refractivity contribution in [1.82, 2.24) is 14.9 Å². The van der Waals surface area contributed by atoms with E-state index < -0.39 is 0 Å². The molecule has 1 aliphatic heterocycles. The summed E-state index contributed by atoms with van der Waals surface area (Å²) in [5.41, 5.74) is 2.55. The fourth-order valence-electron chi connectivity index (χ4n) is 2.96. The lowest BCUT2D eigenvalue weighted by atomic mass is 10.1. The molecule has 6 nitrogen and oxygen atoms in total. The number of nitrogens with one attached hydrogen (secondary N) is 1. The Morgan fingerprint density at radius 2 is 1.80 bits per heavy atom. The molecule has 132 valence electrons. The van der Waals surface area contributed by atoms with Crippen molar-refractivity contribution >= 4 is 23.2 Å². The number of ketones is 1. The van der Waals surface area contributed by atoms with Gasteiger partial charge < -0.3 is 15.1 Å². The first kappa shape index (κ1) is 17.4. The highest BCUT2D eigenvalue weighted by atomic mass is 16.1. The van der Waals surface area contributed by atoms with E-state index in [2.05, 4.69) is 32.0 Å². The number of Topliss-reactive ketones (excluding diaryl/α,β-unsaturated/α-hetero) is 1. The number of benzene rings is 1. The Labute approximate surface area is 148 Å². The van der Waals surface area contributed by atoms with Crippen LogP contribution in [0.25, 0.3) is 0 Å². The van der Waals surface area contributed by atoms with E-state index >= 15 is 0 Å². The smallest absolute Gasteiger partial charge is 0.227 e. The van der Waals surface area contributed by atoms with Crippen LogP contribution in [0.2, 0.25) is 0 Å². The van der Waals surface area contributed by atoms with Gasteiger partial charge in [0.25, 0.3) is 0 Å². The number of hydrogen-bond donors (Lipinski definition) is 1. The highest BCUT2D eigenvalue weighted by molar-refractivity contribution is 5.94. The quantitative estimate of drug-likeness (QED) is 0.845. The van der Waals surface area contributed by atoms with Crippen molar-refractivity contribution in [3.63, 3.8) is 0 Å². The summed E-state index contributed by atoms with van der Waals surface area (Å²) >= 11 is 0. The molecule has 0 unspecified atom stereocenters. The van der Waals surface area contributed by atoms with Gasteiger partial charge in [-0.05, 0) is 44.7 Å². The third-order valence-electron chi connectivity index (χ3n) is 4.51. The zero-order valence-corrected chi connectivity index (χ0v) is 15.1. The van der Waals surface area contributed by atoms with Crippen LogP contribution >= 0.6 is 0 Å². The lowest BCUT2D eigenvalue weighted by Crippen LogP contribution is -2.46. The fourth-order valence-corrected chi connectivity index (χ4v) is 2.96. The number of aromatic nitrogens is 2. The van der Waals surface area contributed by atoms with Gasteiger partial charge >= 0.3 is 0 Å². The van der Waals surface area contributed by atoms with Crippen molar-refractivity contribution in [1.29, 1.82) is 0 Å². The largest absolute Gasteiger partial charge is 0.340 e. The zero-order chi connectivity index (χ0) is 17.8. The summed E-state index contributed by atoms with van der Waals surface area (Å²) in [5, 5.41) is 3.31. The third-order valence-corrected chi connectivity index (χ3v) is 4.51. The average molecular weight is 339 g/mol. The minimum Gasteiger partial charge on any atom is -0.340 e. The third kappa shape index (κ3) is 4.33. The number of carbonyl (C=O) groups is 1. The number of likely N-dealkylation sites (N-methyl/N-ethyl adjacent to an activating group) is 1. The molecule has 1 fully saturated rings. The molecule has 3 rings (SSSR count). The van der Waals surface area contributed by atoms with E-state index in [1.165, 1.54) is 0 Å². The molecule has 2 aromatic rings. The topological polar surface area (TPSA) is 61.4 Å². The van der Waals surface area contributed by atoms with Gasteiger partial charge in [-0.1, -0.05) is 6.92 Å². The number of rotatable bonds is 5. The first-order valence-corrected chi connectivity index (χ1v) is 8.76. The van der Waals surface area contributed by atoms with Crippen LogP contribution < -0.4 is 10.2 Å². The summed E-state index contributed by atoms with van der Waals surface area (Å²) in [5.74, 6) is 1.62. The van der Waals surface area contributed by atoms with Gasteiger partial charge in [-0.2, -0.15) is 4.98 Å². The highest BCUT2D eigenvalue weighted by Crippen LogP contribution is 2.20. The molecule has 25 heavy (non-hydrogen) atoms. The molecule has 1 aromatic carbocycles. The Morgan fingerprint density at radius 3 is 2.40 bits per heavy atom. The lowest BCUT2D eigenvalue weighted by Gasteiger charge is -2.34. The minimum atomic E-state index is 0.0675. The summed E-state index contributed by atoms with van der Waals surface area (Å²) < 4.78 is 0.